The lowest BCUT2D eigenvalue weighted by molar-refractivity contribution is -0.120. The molecule has 23 heavy (non-hydrogen) atoms. The number of carbonyl (C=O) groups excluding carboxylic acids is 2. The predicted octanol–water partition coefficient (Wildman–Crippen LogP) is 2.71. The number of nitrogens with one attached hydrogen (secondary N) is 1. The van der Waals surface area contributed by atoms with E-state index in [9.17, 15) is 9.59 Å². The normalized spacial score (nSPS) is 10.9. The molecule has 0 heterocycles. The Hall–Kier alpha value is -2.82. The zero-order valence-electron chi connectivity index (χ0n) is 13.4. The largest absolute Gasteiger partial charge is 0.496 e. The van der Waals surface area contributed by atoms with Crippen LogP contribution in [-0.4, -0.2) is 18.9 Å². The van der Waals surface area contributed by atoms with E-state index in [1.54, 1.807) is 31.4 Å². The van der Waals surface area contributed by atoms with E-state index < -0.39 is 11.3 Å². The van der Waals surface area contributed by atoms with E-state index >= 15 is 0 Å². The van der Waals surface area contributed by atoms with Gasteiger partial charge in [-0.25, -0.2) is 0 Å². The van der Waals surface area contributed by atoms with E-state index in [1.807, 2.05) is 38.1 Å². The van der Waals surface area contributed by atoms with Gasteiger partial charge in [-0.15, -0.1) is 0 Å². The summed E-state index contributed by atoms with van der Waals surface area (Å²) in [5.41, 5.74) is 6.21. The molecule has 2 amide bonds. The van der Waals surface area contributed by atoms with Crippen LogP contribution >= 0.6 is 0 Å². The summed E-state index contributed by atoms with van der Waals surface area (Å²) in [6.45, 7) is 3.66. The molecule has 120 valence electrons. The summed E-state index contributed by atoms with van der Waals surface area (Å²) in [7, 11) is 1.58. The van der Waals surface area contributed by atoms with Gasteiger partial charge in [-0.3, -0.25) is 9.59 Å². The van der Waals surface area contributed by atoms with E-state index in [-0.39, 0.29) is 5.91 Å². The van der Waals surface area contributed by atoms with Crippen LogP contribution in [0.15, 0.2) is 48.5 Å². The van der Waals surface area contributed by atoms with Crippen molar-refractivity contribution in [1.82, 2.24) is 0 Å². The van der Waals surface area contributed by atoms with Gasteiger partial charge < -0.3 is 15.8 Å². The molecule has 2 rings (SSSR count). The standard InChI is InChI=1S/C18H20N2O3/c1-18(2,14-6-4-5-7-15(14)23-3)17(22)20-13-10-8-12(9-11-13)16(19)21/h4-11H,1-3H3,(H2,19,21)(H,20,22). The van der Waals surface area contributed by atoms with Crippen LogP contribution in [0.5, 0.6) is 5.75 Å². The highest BCUT2D eigenvalue weighted by molar-refractivity contribution is 5.99. The van der Waals surface area contributed by atoms with E-state index in [1.165, 1.54) is 0 Å². The quantitative estimate of drug-likeness (QED) is 0.890. The van der Waals surface area contributed by atoms with Gasteiger partial charge in [0.1, 0.15) is 5.75 Å². The van der Waals surface area contributed by atoms with Gasteiger partial charge in [-0.05, 0) is 44.2 Å². The average molecular weight is 312 g/mol. The molecule has 0 aliphatic heterocycles. The first kappa shape index (κ1) is 16.5. The molecule has 0 bridgehead atoms. The fourth-order valence-electron chi connectivity index (χ4n) is 2.29. The maximum absolute atomic E-state index is 12.7. The first-order chi connectivity index (χ1) is 10.9. The maximum atomic E-state index is 12.7. The molecule has 0 aliphatic carbocycles. The molecule has 2 aromatic carbocycles. The van der Waals surface area contributed by atoms with Gasteiger partial charge in [-0.2, -0.15) is 0 Å². The minimum Gasteiger partial charge on any atom is -0.496 e. The third-order valence-electron chi connectivity index (χ3n) is 3.78. The van der Waals surface area contributed by atoms with Gasteiger partial charge in [0.25, 0.3) is 0 Å². The molecule has 0 saturated heterocycles. The minimum atomic E-state index is -0.783. The van der Waals surface area contributed by atoms with Gasteiger partial charge in [0.05, 0.1) is 12.5 Å². The minimum absolute atomic E-state index is 0.172. The summed E-state index contributed by atoms with van der Waals surface area (Å²) < 4.78 is 5.34. The number of nitrogens with two attached hydrogens (primary N) is 1. The van der Waals surface area contributed by atoms with E-state index in [4.69, 9.17) is 10.5 Å². The Labute approximate surface area is 135 Å². The van der Waals surface area contributed by atoms with E-state index in [0.717, 1.165) is 5.56 Å². The highest BCUT2D eigenvalue weighted by Crippen LogP contribution is 2.32. The fraction of sp³-hybridized carbons (Fsp3) is 0.222. The van der Waals surface area contributed by atoms with Crippen LogP contribution in [0.2, 0.25) is 0 Å². The van der Waals surface area contributed by atoms with Gasteiger partial charge in [0, 0.05) is 16.8 Å². The summed E-state index contributed by atoms with van der Waals surface area (Å²) in [5, 5.41) is 2.85. The van der Waals surface area contributed by atoms with Gasteiger partial charge in [0.15, 0.2) is 0 Å². The smallest absolute Gasteiger partial charge is 0.248 e. The molecular weight excluding hydrogens is 292 g/mol. The number of ether oxygens (including phenoxy) is 1. The van der Waals surface area contributed by atoms with Crippen LogP contribution in [0.4, 0.5) is 5.69 Å². The van der Waals surface area contributed by atoms with Crippen LogP contribution in [0.25, 0.3) is 0 Å². The number of benzene rings is 2. The molecule has 0 atom stereocenters. The molecule has 0 spiro atoms. The molecule has 0 radical (unpaired) electrons. The molecule has 0 fully saturated rings. The monoisotopic (exact) mass is 312 g/mol. The van der Waals surface area contributed by atoms with Gasteiger partial charge in [-0.1, -0.05) is 18.2 Å². The van der Waals surface area contributed by atoms with Crippen molar-refractivity contribution in [3.63, 3.8) is 0 Å². The summed E-state index contributed by atoms with van der Waals surface area (Å²) in [6.07, 6.45) is 0. The second-order valence-corrected chi connectivity index (χ2v) is 5.72. The van der Waals surface area contributed by atoms with Crippen molar-refractivity contribution in [2.24, 2.45) is 5.73 Å². The molecule has 0 unspecified atom stereocenters. The lowest BCUT2D eigenvalue weighted by Gasteiger charge is -2.26. The van der Waals surface area contributed by atoms with Crippen LogP contribution in [-0.2, 0) is 10.2 Å². The van der Waals surface area contributed by atoms with Gasteiger partial charge >= 0.3 is 0 Å². The Morgan fingerprint density at radius 1 is 1.04 bits per heavy atom. The Kier molecular flexibility index (Phi) is 4.69. The number of methoxy groups -OCH3 is 1. The zero-order valence-corrected chi connectivity index (χ0v) is 13.4. The zero-order chi connectivity index (χ0) is 17.0. The van der Waals surface area contributed by atoms with Crippen molar-refractivity contribution in [2.75, 3.05) is 12.4 Å². The summed E-state index contributed by atoms with van der Waals surface area (Å²) in [4.78, 5) is 23.7. The lowest BCUT2D eigenvalue weighted by atomic mass is 9.83. The number of amides is 2. The number of primary amides is 1. The molecule has 0 aromatic heterocycles. The highest BCUT2D eigenvalue weighted by Gasteiger charge is 2.32. The molecule has 0 aliphatic rings. The predicted molar refractivity (Wildman–Crippen MR) is 89.6 cm³/mol. The molecule has 5 nitrogen and oxygen atoms in total. The SMILES string of the molecule is COc1ccccc1C(C)(C)C(=O)Nc1ccc(C(N)=O)cc1. The van der Waals surface area contributed by atoms with Gasteiger partial charge in [0.2, 0.25) is 11.8 Å². The molecule has 3 N–H and O–H groups in total. The van der Waals surface area contributed by atoms with Crippen molar-refractivity contribution < 1.29 is 14.3 Å². The van der Waals surface area contributed by atoms with Crippen molar-refractivity contribution in [1.29, 1.82) is 0 Å². The number of anilines is 1. The number of para-hydroxylation sites is 1. The number of carbonyl (C=O) groups is 2. The van der Waals surface area contributed by atoms with E-state index in [0.29, 0.717) is 17.0 Å². The maximum Gasteiger partial charge on any atom is 0.248 e. The Bertz CT molecular complexity index is 721. The average Bonchev–Trinajstić information content (AvgIpc) is 2.55. The summed E-state index contributed by atoms with van der Waals surface area (Å²) in [5.74, 6) is -0.0113. The Morgan fingerprint density at radius 3 is 2.22 bits per heavy atom. The number of hydrogen-bond donors (Lipinski definition) is 2. The summed E-state index contributed by atoms with van der Waals surface area (Å²) in [6, 6.07) is 13.9. The third-order valence-corrected chi connectivity index (χ3v) is 3.78. The molecular formula is C18H20N2O3. The first-order valence-corrected chi connectivity index (χ1v) is 7.21. The number of hydrogen-bond acceptors (Lipinski definition) is 3. The first-order valence-electron chi connectivity index (χ1n) is 7.21. The lowest BCUT2D eigenvalue weighted by Crippen LogP contribution is -2.35. The second kappa shape index (κ2) is 6.52. The van der Waals surface area contributed by atoms with Crippen molar-refractivity contribution in [3.8, 4) is 5.75 Å². The van der Waals surface area contributed by atoms with Crippen LogP contribution < -0.4 is 15.8 Å². The third kappa shape index (κ3) is 3.51. The fourth-order valence-corrected chi connectivity index (χ4v) is 2.29. The van der Waals surface area contributed by atoms with Crippen molar-refractivity contribution >= 4 is 17.5 Å². The second-order valence-electron chi connectivity index (χ2n) is 5.72. The Morgan fingerprint density at radius 2 is 1.65 bits per heavy atom. The molecule has 5 heteroatoms. The molecule has 2 aromatic rings. The molecule has 0 saturated carbocycles. The summed E-state index contributed by atoms with van der Waals surface area (Å²) >= 11 is 0. The highest BCUT2D eigenvalue weighted by atomic mass is 16.5. The van der Waals surface area contributed by atoms with Crippen LogP contribution in [0.3, 0.4) is 0 Å². The van der Waals surface area contributed by atoms with Crippen molar-refractivity contribution in [2.45, 2.75) is 19.3 Å². The van der Waals surface area contributed by atoms with Crippen LogP contribution in [0, 0.1) is 0 Å². The number of rotatable bonds is 5. The Balaban J connectivity index is 2.23. The topological polar surface area (TPSA) is 81.4 Å². The van der Waals surface area contributed by atoms with E-state index in [2.05, 4.69) is 5.32 Å². The van der Waals surface area contributed by atoms with Crippen molar-refractivity contribution in [3.05, 3.63) is 59.7 Å². The van der Waals surface area contributed by atoms with Crippen LogP contribution in [0.1, 0.15) is 29.8 Å².